The van der Waals surface area contributed by atoms with Gasteiger partial charge < -0.3 is 10.6 Å². The van der Waals surface area contributed by atoms with E-state index in [0.717, 1.165) is 25.9 Å². The molecular weight excluding hydrogens is 208 g/mol. The van der Waals surface area contributed by atoms with E-state index in [4.69, 9.17) is 5.73 Å². The number of nitrogens with two attached hydrogens (primary N) is 1. The third-order valence-corrected chi connectivity index (χ3v) is 2.64. The van der Waals surface area contributed by atoms with E-state index in [9.17, 15) is 4.79 Å². The zero-order chi connectivity index (χ0) is 8.27. The first-order valence-electron chi connectivity index (χ1n) is 3.86. The van der Waals surface area contributed by atoms with Gasteiger partial charge in [0, 0.05) is 17.9 Å². The molecule has 1 aliphatic heterocycles. The lowest BCUT2D eigenvalue weighted by Crippen LogP contribution is -2.43. The van der Waals surface area contributed by atoms with E-state index in [1.54, 1.807) is 0 Å². The Bertz CT molecular complexity index is 151. The zero-order valence-electron chi connectivity index (χ0n) is 6.42. The number of amides is 1. The van der Waals surface area contributed by atoms with Crippen LogP contribution >= 0.6 is 15.9 Å². The van der Waals surface area contributed by atoms with Gasteiger partial charge in [0.2, 0.25) is 5.91 Å². The smallest absolute Gasteiger partial charge is 0.236 e. The van der Waals surface area contributed by atoms with Crippen LogP contribution in [0.3, 0.4) is 0 Å². The van der Waals surface area contributed by atoms with Crippen LogP contribution in [0, 0.1) is 0 Å². The molecule has 0 radical (unpaired) electrons. The highest BCUT2D eigenvalue weighted by atomic mass is 79.9. The molecule has 0 aromatic heterocycles. The van der Waals surface area contributed by atoms with Crippen molar-refractivity contribution < 1.29 is 4.79 Å². The molecule has 0 saturated carbocycles. The van der Waals surface area contributed by atoms with Gasteiger partial charge in [0.1, 0.15) is 0 Å². The molecule has 1 aliphatic rings. The van der Waals surface area contributed by atoms with Crippen molar-refractivity contribution in [2.24, 2.45) is 5.73 Å². The average Bonchev–Trinajstić information content (AvgIpc) is 2.03. The molecule has 0 aromatic carbocycles. The number of hydrogen-bond acceptors (Lipinski definition) is 2. The molecule has 2 N–H and O–H groups in total. The van der Waals surface area contributed by atoms with Crippen LogP contribution in [0.25, 0.3) is 0 Å². The minimum atomic E-state index is 0.0640. The predicted molar refractivity (Wildman–Crippen MR) is 47.6 cm³/mol. The third kappa shape index (κ3) is 2.45. The summed E-state index contributed by atoms with van der Waals surface area (Å²) in [5.74, 6) is 0.0640. The molecule has 1 unspecified atom stereocenters. The average molecular weight is 221 g/mol. The molecule has 0 aromatic rings. The first-order valence-corrected chi connectivity index (χ1v) is 4.77. The van der Waals surface area contributed by atoms with E-state index in [-0.39, 0.29) is 12.5 Å². The van der Waals surface area contributed by atoms with Crippen molar-refractivity contribution >= 4 is 21.8 Å². The van der Waals surface area contributed by atoms with Crippen molar-refractivity contribution in [2.75, 3.05) is 19.6 Å². The maximum absolute atomic E-state index is 11.1. The zero-order valence-corrected chi connectivity index (χ0v) is 8.01. The predicted octanol–water partition coefficient (Wildman–Crippen LogP) is 0.331. The molecule has 1 saturated heterocycles. The van der Waals surface area contributed by atoms with Crippen molar-refractivity contribution in [3.8, 4) is 0 Å². The summed E-state index contributed by atoms with van der Waals surface area (Å²) >= 11 is 3.49. The summed E-state index contributed by atoms with van der Waals surface area (Å²) < 4.78 is 0. The van der Waals surface area contributed by atoms with Gasteiger partial charge in [0.05, 0.1) is 6.54 Å². The van der Waals surface area contributed by atoms with E-state index < -0.39 is 0 Å². The third-order valence-electron chi connectivity index (χ3n) is 1.89. The Labute approximate surface area is 75.1 Å². The van der Waals surface area contributed by atoms with Crippen LogP contribution in [0.4, 0.5) is 0 Å². The molecular formula is C7H13BrN2O. The second-order valence-electron chi connectivity index (χ2n) is 2.78. The van der Waals surface area contributed by atoms with Gasteiger partial charge in [0.15, 0.2) is 0 Å². The van der Waals surface area contributed by atoms with Gasteiger partial charge in [-0.3, -0.25) is 4.79 Å². The van der Waals surface area contributed by atoms with E-state index >= 15 is 0 Å². The van der Waals surface area contributed by atoms with E-state index in [1.807, 2.05) is 4.90 Å². The SMILES string of the molecule is NCC(=O)N1CCCC(Br)C1. The molecule has 1 fully saturated rings. The minimum absolute atomic E-state index is 0.0640. The first kappa shape index (κ1) is 9.00. The monoisotopic (exact) mass is 220 g/mol. The summed E-state index contributed by atoms with van der Waals surface area (Å²) in [5.41, 5.74) is 5.24. The van der Waals surface area contributed by atoms with Crippen LogP contribution in [-0.2, 0) is 4.79 Å². The summed E-state index contributed by atoms with van der Waals surface area (Å²) in [6.07, 6.45) is 2.25. The number of hydrogen-bond donors (Lipinski definition) is 1. The summed E-state index contributed by atoms with van der Waals surface area (Å²) in [5, 5.41) is 0. The van der Waals surface area contributed by atoms with Gasteiger partial charge in [-0.2, -0.15) is 0 Å². The fraction of sp³-hybridized carbons (Fsp3) is 0.857. The molecule has 0 bridgehead atoms. The van der Waals surface area contributed by atoms with Crippen LogP contribution < -0.4 is 5.73 Å². The van der Waals surface area contributed by atoms with Crippen molar-refractivity contribution in [3.63, 3.8) is 0 Å². The number of carbonyl (C=O) groups excluding carboxylic acids is 1. The lowest BCUT2D eigenvalue weighted by Gasteiger charge is -2.29. The molecule has 11 heavy (non-hydrogen) atoms. The fourth-order valence-corrected chi connectivity index (χ4v) is 1.95. The molecule has 1 rings (SSSR count). The fourth-order valence-electron chi connectivity index (χ4n) is 1.28. The molecule has 1 amide bonds. The van der Waals surface area contributed by atoms with Gasteiger partial charge in [-0.25, -0.2) is 0 Å². The number of nitrogens with zero attached hydrogens (tertiary/aromatic N) is 1. The normalized spacial score (nSPS) is 25.3. The van der Waals surface area contributed by atoms with Crippen molar-refractivity contribution in [2.45, 2.75) is 17.7 Å². The highest BCUT2D eigenvalue weighted by Gasteiger charge is 2.20. The summed E-state index contributed by atoms with van der Waals surface area (Å²) in [4.78, 5) is 13.4. The van der Waals surface area contributed by atoms with Crippen LogP contribution in [0.1, 0.15) is 12.8 Å². The summed E-state index contributed by atoms with van der Waals surface area (Å²) in [6, 6.07) is 0. The first-order chi connectivity index (χ1) is 5.24. The maximum atomic E-state index is 11.1. The Morgan fingerprint density at radius 2 is 2.45 bits per heavy atom. The minimum Gasteiger partial charge on any atom is -0.340 e. The Kier molecular flexibility index (Phi) is 3.33. The number of likely N-dealkylation sites (tertiary alicyclic amines) is 1. The Morgan fingerprint density at radius 3 is 3.00 bits per heavy atom. The van der Waals surface area contributed by atoms with E-state index in [1.165, 1.54) is 0 Å². The van der Waals surface area contributed by atoms with Gasteiger partial charge in [-0.15, -0.1) is 0 Å². The highest BCUT2D eigenvalue weighted by molar-refractivity contribution is 9.09. The molecule has 0 aliphatic carbocycles. The number of piperidine rings is 1. The van der Waals surface area contributed by atoms with Gasteiger partial charge in [-0.05, 0) is 12.8 Å². The van der Waals surface area contributed by atoms with Crippen molar-refractivity contribution in [1.29, 1.82) is 0 Å². The number of alkyl halides is 1. The van der Waals surface area contributed by atoms with E-state index in [2.05, 4.69) is 15.9 Å². The largest absolute Gasteiger partial charge is 0.340 e. The molecule has 4 heteroatoms. The quantitative estimate of drug-likeness (QED) is 0.648. The molecule has 1 heterocycles. The lowest BCUT2D eigenvalue weighted by atomic mass is 10.1. The van der Waals surface area contributed by atoms with Crippen molar-refractivity contribution in [1.82, 2.24) is 4.90 Å². The lowest BCUT2D eigenvalue weighted by molar-refractivity contribution is -0.130. The van der Waals surface area contributed by atoms with Gasteiger partial charge >= 0.3 is 0 Å². The standard InChI is InChI=1S/C7H13BrN2O/c8-6-2-1-3-10(5-6)7(11)4-9/h6H,1-5,9H2. The molecule has 3 nitrogen and oxygen atoms in total. The second kappa shape index (κ2) is 4.07. The molecule has 1 atom stereocenters. The van der Waals surface area contributed by atoms with Gasteiger partial charge in [0.25, 0.3) is 0 Å². The Balaban J connectivity index is 2.39. The Hall–Kier alpha value is -0.0900. The second-order valence-corrected chi connectivity index (χ2v) is 4.08. The Morgan fingerprint density at radius 1 is 1.73 bits per heavy atom. The molecule has 64 valence electrons. The van der Waals surface area contributed by atoms with Gasteiger partial charge in [-0.1, -0.05) is 15.9 Å². The van der Waals surface area contributed by atoms with Crippen LogP contribution in [0.2, 0.25) is 0 Å². The summed E-state index contributed by atoms with van der Waals surface area (Å²) in [6.45, 7) is 1.83. The number of carbonyl (C=O) groups is 1. The summed E-state index contributed by atoms with van der Waals surface area (Å²) in [7, 11) is 0. The van der Waals surface area contributed by atoms with Crippen LogP contribution in [-0.4, -0.2) is 35.3 Å². The van der Waals surface area contributed by atoms with Crippen LogP contribution in [0.5, 0.6) is 0 Å². The van der Waals surface area contributed by atoms with Crippen LogP contribution in [0.15, 0.2) is 0 Å². The van der Waals surface area contributed by atoms with E-state index in [0.29, 0.717) is 4.83 Å². The maximum Gasteiger partial charge on any atom is 0.236 e. The topological polar surface area (TPSA) is 46.3 Å². The van der Waals surface area contributed by atoms with Crippen molar-refractivity contribution in [3.05, 3.63) is 0 Å². The number of rotatable bonds is 1. The molecule has 0 spiro atoms. The highest BCUT2D eigenvalue weighted by Crippen LogP contribution is 2.16. The number of halogens is 1.